The number of aryl methyl sites for hydroxylation is 1. The molecule has 1 aromatic rings. The van der Waals surface area contributed by atoms with Crippen molar-refractivity contribution in [2.24, 2.45) is 7.05 Å². The third kappa shape index (κ3) is 3.67. The Balaban J connectivity index is 2.50. The lowest BCUT2D eigenvalue weighted by Crippen LogP contribution is -2.01. The molecule has 80 valence electrons. The van der Waals surface area contributed by atoms with Gasteiger partial charge in [-0.3, -0.25) is 10.1 Å². The van der Waals surface area contributed by atoms with Crippen LogP contribution < -0.4 is 0 Å². The van der Waals surface area contributed by atoms with Crippen molar-refractivity contribution in [2.75, 3.05) is 0 Å². The highest BCUT2D eigenvalue weighted by Crippen LogP contribution is 2.14. The van der Waals surface area contributed by atoms with E-state index in [2.05, 4.69) is 21.0 Å². The third-order valence-electron chi connectivity index (χ3n) is 1.56. The normalized spacial score (nSPS) is 10.5. The lowest BCUT2D eigenvalue weighted by molar-refractivity contribution is 0.286. The molecular formula is C9H11BrN4O. The standard InChI is InChI=1S/C9H11BrN4O/c1-14-5-7(10)8(13-14)6-15-9(12)3-2-4-11/h2-5,11-12H,6H2,1H3/b3-2-,11-4?,12-9?. The van der Waals surface area contributed by atoms with Crippen molar-refractivity contribution in [1.29, 1.82) is 10.8 Å². The maximum atomic E-state index is 7.36. The zero-order valence-corrected chi connectivity index (χ0v) is 9.78. The second-order valence-corrected chi connectivity index (χ2v) is 3.63. The molecule has 0 unspecified atom stereocenters. The molecule has 5 nitrogen and oxygen atoms in total. The summed E-state index contributed by atoms with van der Waals surface area (Å²) in [6.07, 6.45) is 5.74. The van der Waals surface area contributed by atoms with E-state index in [9.17, 15) is 0 Å². The first kappa shape index (κ1) is 11.6. The fraction of sp³-hybridized carbons (Fsp3) is 0.222. The number of hydrogen-bond acceptors (Lipinski definition) is 4. The number of allylic oxidation sites excluding steroid dienone is 1. The fourth-order valence-electron chi connectivity index (χ4n) is 0.933. The van der Waals surface area contributed by atoms with Crippen molar-refractivity contribution in [2.45, 2.75) is 6.61 Å². The van der Waals surface area contributed by atoms with Gasteiger partial charge in [0.15, 0.2) is 0 Å². The second kappa shape index (κ2) is 5.45. The van der Waals surface area contributed by atoms with Gasteiger partial charge in [-0.1, -0.05) is 0 Å². The van der Waals surface area contributed by atoms with Gasteiger partial charge < -0.3 is 10.1 Å². The molecule has 0 aliphatic carbocycles. The van der Waals surface area contributed by atoms with E-state index >= 15 is 0 Å². The van der Waals surface area contributed by atoms with Crippen LogP contribution in [-0.2, 0) is 18.4 Å². The Morgan fingerprint density at radius 2 is 2.47 bits per heavy atom. The van der Waals surface area contributed by atoms with E-state index in [1.807, 2.05) is 13.2 Å². The molecule has 0 aromatic carbocycles. The van der Waals surface area contributed by atoms with E-state index in [4.69, 9.17) is 15.6 Å². The average Bonchev–Trinajstić information content (AvgIpc) is 2.51. The number of nitrogens with one attached hydrogen (secondary N) is 2. The van der Waals surface area contributed by atoms with Crippen LogP contribution in [0.4, 0.5) is 0 Å². The SMILES string of the molecule is Cn1cc(Br)c(COC(=N)/C=C\C=N)n1. The molecule has 0 saturated carbocycles. The molecule has 1 rings (SSSR count). The van der Waals surface area contributed by atoms with Crippen molar-refractivity contribution in [3.8, 4) is 0 Å². The van der Waals surface area contributed by atoms with Gasteiger partial charge in [0.05, 0.1) is 4.47 Å². The highest BCUT2D eigenvalue weighted by atomic mass is 79.9. The maximum absolute atomic E-state index is 7.36. The lowest BCUT2D eigenvalue weighted by Gasteiger charge is -2.01. The van der Waals surface area contributed by atoms with Crippen LogP contribution >= 0.6 is 15.9 Å². The molecule has 2 N–H and O–H groups in total. The summed E-state index contributed by atoms with van der Waals surface area (Å²) < 4.78 is 7.63. The predicted molar refractivity (Wildman–Crippen MR) is 61.3 cm³/mol. The number of halogens is 1. The molecule has 0 atom stereocenters. The minimum Gasteiger partial charge on any atom is -0.471 e. The van der Waals surface area contributed by atoms with Gasteiger partial charge in [0.25, 0.3) is 0 Å². The summed E-state index contributed by atoms with van der Waals surface area (Å²) in [5, 5.41) is 18.2. The molecule has 1 aromatic heterocycles. The maximum Gasteiger partial charge on any atom is 0.206 e. The molecule has 1 heterocycles. The number of ether oxygens (including phenoxy) is 1. The Hall–Kier alpha value is -1.43. The molecule has 0 aliphatic rings. The lowest BCUT2D eigenvalue weighted by atomic mass is 10.4. The molecular weight excluding hydrogens is 260 g/mol. The first-order chi connectivity index (χ1) is 7.13. The predicted octanol–water partition coefficient (Wildman–Crippen LogP) is 1.88. The monoisotopic (exact) mass is 270 g/mol. The third-order valence-corrected chi connectivity index (χ3v) is 2.22. The minimum absolute atomic E-state index is 0.0102. The Labute approximate surface area is 95.9 Å². The van der Waals surface area contributed by atoms with Crippen molar-refractivity contribution in [1.82, 2.24) is 9.78 Å². The highest BCUT2D eigenvalue weighted by molar-refractivity contribution is 9.10. The van der Waals surface area contributed by atoms with Gasteiger partial charge in [0.1, 0.15) is 12.3 Å². The second-order valence-electron chi connectivity index (χ2n) is 2.78. The van der Waals surface area contributed by atoms with E-state index in [1.165, 1.54) is 12.2 Å². The minimum atomic E-state index is 0.0102. The van der Waals surface area contributed by atoms with Gasteiger partial charge in [-0.05, 0) is 22.0 Å². The van der Waals surface area contributed by atoms with Crippen LogP contribution in [0.1, 0.15) is 5.69 Å². The van der Waals surface area contributed by atoms with Crippen LogP contribution in [0.3, 0.4) is 0 Å². The van der Waals surface area contributed by atoms with Gasteiger partial charge >= 0.3 is 0 Å². The summed E-state index contributed by atoms with van der Waals surface area (Å²) in [6, 6.07) is 0. The van der Waals surface area contributed by atoms with E-state index in [0.717, 1.165) is 16.4 Å². The first-order valence-electron chi connectivity index (χ1n) is 4.20. The van der Waals surface area contributed by atoms with Crippen LogP contribution in [0.2, 0.25) is 0 Å². The molecule has 0 saturated heterocycles. The fourth-order valence-corrected chi connectivity index (χ4v) is 1.42. The largest absolute Gasteiger partial charge is 0.471 e. The Morgan fingerprint density at radius 3 is 3.00 bits per heavy atom. The van der Waals surface area contributed by atoms with Crippen molar-refractivity contribution in [3.05, 3.63) is 28.5 Å². The molecule has 0 fully saturated rings. The quantitative estimate of drug-likeness (QED) is 0.648. The summed E-state index contributed by atoms with van der Waals surface area (Å²) in [7, 11) is 1.81. The van der Waals surface area contributed by atoms with E-state index in [1.54, 1.807) is 4.68 Å². The summed E-state index contributed by atoms with van der Waals surface area (Å²) >= 11 is 3.33. The van der Waals surface area contributed by atoms with Crippen LogP contribution in [-0.4, -0.2) is 21.9 Å². The van der Waals surface area contributed by atoms with Gasteiger partial charge in [0.2, 0.25) is 5.90 Å². The zero-order chi connectivity index (χ0) is 11.3. The molecule has 15 heavy (non-hydrogen) atoms. The molecule has 0 amide bonds. The smallest absolute Gasteiger partial charge is 0.206 e. The van der Waals surface area contributed by atoms with Gasteiger partial charge in [-0.25, -0.2) is 0 Å². The molecule has 6 heteroatoms. The Morgan fingerprint density at radius 1 is 1.73 bits per heavy atom. The zero-order valence-electron chi connectivity index (χ0n) is 8.20. The molecule has 0 bridgehead atoms. The van der Waals surface area contributed by atoms with E-state index in [0.29, 0.717) is 0 Å². The number of aromatic nitrogens is 2. The number of hydrogen-bond donors (Lipinski definition) is 2. The van der Waals surface area contributed by atoms with Crippen LogP contribution in [0.15, 0.2) is 22.8 Å². The van der Waals surface area contributed by atoms with Crippen molar-refractivity contribution >= 4 is 28.0 Å². The number of nitrogens with zero attached hydrogens (tertiary/aromatic N) is 2. The molecule has 0 aliphatic heterocycles. The molecule has 0 spiro atoms. The first-order valence-corrected chi connectivity index (χ1v) is 4.99. The summed E-state index contributed by atoms with van der Waals surface area (Å²) in [4.78, 5) is 0. The molecule has 0 radical (unpaired) electrons. The van der Waals surface area contributed by atoms with Crippen molar-refractivity contribution < 1.29 is 4.74 Å². The summed E-state index contributed by atoms with van der Waals surface area (Å²) in [5.41, 5.74) is 0.741. The summed E-state index contributed by atoms with van der Waals surface area (Å²) in [5.74, 6) is 0.0102. The van der Waals surface area contributed by atoms with Crippen molar-refractivity contribution in [3.63, 3.8) is 0 Å². The van der Waals surface area contributed by atoms with Gasteiger partial charge in [-0.15, -0.1) is 0 Å². The van der Waals surface area contributed by atoms with E-state index in [-0.39, 0.29) is 12.5 Å². The topological polar surface area (TPSA) is 74.8 Å². The Bertz CT molecular complexity index is 397. The van der Waals surface area contributed by atoms with Gasteiger partial charge in [0, 0.05) is 25.5 Å². The van der Waals surface area contributed by atoms with Crippen LogP contribution in [0.25, 0.3) is 0 Å². The van der Waals surface area contributed by atoms with Gasteiger partial charge in [-0.2, -0.15) is 5.10 Å². The summed E-state index contributed by atoms with van der Waals surface area (Å²) in [6.45, 7) is 0.239. The number of rotatable bonds is 4. The highest BCUT2D eigenvalue weighted by Gasteiger charge is 2.05. The average molecular weight is 271 g/mol. The Kier molecular flexibility index (Phi) is 4.23. The van der Waals surface area contributed by atoms with Crippen LogP contribution in [0.5, 0.6) is 0 Å². The van der Waals surface area contributed by atoms with E-state index < -0.39 is 0 Å². The van der Waals surface area contributed by atoms with Crippen LogP contribution in [0, 0.1) is 10.8 Å².